The molecule has 5 nitrogen and oxygen atoms in total. The van der Waals surface area contributed by atoms with Crippen LogP contribution in [-0.4, -0.2) is 24.5 Å². The average Bonchev–Trinajstić information content (AvgIpc) is 2.48. The molecule has 128 valence electrons. The Morgan fingerprint density at radius 2 is 1.78 bits per heavy atom. The quantitative estimate of drug-likeness (QED) is 0.714. The van der Waals surface area contributed by atoms with Crippen molar-refractivity contribution in [3.8, 4) is 0 Å². The van der Waals surface area contributed by atoms with Gasteiger partial charge in [0, 0.05) is 17.5 Å². The molecule has 0 saturated carbocycles. The number of hydrogen-bond acceptors (Lipinski definition) is 2. The highest BCUT2D eigenvalue weighted by Gasteiger charge is 2.21. The molecule has 0 saturated heterocycles. The van der Waals surface area contributed by atoms with Gasteiger partial charge in [0.25, 0.3) is 5.91 Å². The molecule has 0 bridgehead atoms. The van der Waals surface area contributed by atoms with Gasteiger partial charge in [-0.3, -0.25) is 10.1 Å². The number of carbonyl (C=O) groups excluding carboxylic acids is 2. The summed E-state index contributed by atoms with van der Waals surface area (Å²) in [5.41, 5.74) is 0.957. The number of hydrogen-bond donors (Lipinski definition) is 3. The first-order valence-corrected chi connectivity index (χ1v) is 8.02. The Hall–Kier alpha value is -1.95. The highest BCUT2D eigenvalue weighted by molar-refractivity contribution is 5.94. The third kappa shape index (κ3) is 6.78. The van der Waals surface area contributed by atoms with Crippen LogP contribution in [0.4, 0.5) is 9.18 Å². The molecular weight excluding hydrogens is 297 g/mol. The van der Waals surface area contributed by atoms with Crippen LogP contribution in [0, 0.1) is 11.7 Å². The second-order valence-electron chi connectivity index (χ2n) is 6.09. The van der Waals surface area contributed by atoms with Gasteiger partial charge in [0.1, 0.15) is 11.9 Å². The number of halogens is 1. The molecule has 0 heterocycles. The van der Waals surface area contributed by atoms with Gasteiger partial charge in [0.15, 0.2) is 6.54 Å². The first-order valence-electron chi connectivity index (χ1n) is 8.02. The molecule has 3 amide bonds. The van der Waals surface area contributed by atoms with E-state index in [1.807, 2.05) is 33.0 Å². The molecule has 1 aromatic carbocycles. The number of imide groups is 1. The lowest BCUT2D eigenvalue weighted by atomic mass is 9.96. The van der Waals surface area contributed by atoms with Crippen LogP contribution in [-0.2, 0) is 4.79 Å². The van der Waals surface area contributed by atoms with Crippen LogP contribution >= 0.6 is 0 Å². The van der Waals surface area contributed by atoms with Crippen LogP contribution in [0.5, 0.6) is 0 Å². The van der Waals surface area contributed by atoms with Gasteiger partial charge >= 0.3 is 6.03 Å². The third-order valence-electron chi connectivity index (χ3n) is 3.77. The zero-order valence-electron chi connectivity index (χ0n) is 14.2. The first kappa shape index (κ1) is 19.1. The van der Waals surface area contributed by atoms with Crippen molar-refractivity contribution < 1.29 is 19.3 Å². The summed E-state index contributed by atoms with van der Waals surface area (Å²) in [6.07, 6.45) is 0.799. The van der Waals surface area contributed by atoms with Gasteiger partial charge in [-0.2, -0.15) is 0 Å². The molecule has 0 aliphatic carbocycles. The number of rotatable bonds is 7. The van der Waals surface area contributed by atoms with Crippen LogP contribution in [0.15, 0.2) is 24.3 Å². The van der Waals surface area contributed by atoms with Crippen molar-refractivity contribution >= 4 is 11.9 Å². The monoisotopic (exact) mass is 324 g/mol. The van der Waals surface area contributed by atoms with Crippen LogP contribution in [0.25, 0.3) is 0 Å². The highest BCUT2D eigenvalue weighted by atomic mass is 19.1. The largest absolute Gasteiger partial charge is 0.335 e. The smallest absolute Gasteiger partial charge is 0.321 e. The summed E-state index contributed by atoms with van der Waals surface area (Å²) < 4.78 is 13.0. The predicted molar refractivity (Wildman–Crippen MR) is 87.2 cm³/mol. The summed E-state index contributed by atoms with van der Waals surface area (Å²) in [5, 5.41) is 6.87. The maximum Gasteiger partial charge on any atom is 0.321 e. The average molecular weight is 324 g/mol. The fraction of sp³-hybridized carbons (Fsp3) is 0.529. The number of urea groups is 1. The van der Waals surface area contributed by atoms with Crippen molar-refractivity contribution in [3.63, 3.8) is 0 Å². The summed E-state index contributed by atoms with van der Waals surface area (Å²) in [6.45, 7) is 8.04. The topological polar surface area (TPSA) is 74.8 Å². The standard InChI is InChI=1S/C17H26FN3O2/c1-5-12(4)20-17(23)21-15(22)10-19-16(11(2)3)13-6-8-14(18)9-7-13/h6-9,11-12,16,19H,5,10H2,1-4H3,(H2,20,21,22,23)/p+1/t12-,16+/m0/s1. The van der Waals surface area contributed by atoms with Crippen LogP contribution in [0.3, 0.4) is 0 Å². The summed E-state index contributed by atoms with van der Waals surface area (Å²) in [7, 11) is 0. The fourth-order valence-corrected chi connectivity index (χ4v) is 2.25. The Bertz CT molecular complexity index is 517. The van der Waals surface area contributed by atoms with E-state index < -0.39 is 6.03 Å². The lowest BCUT2D eigenvalue weighted by Crippen LogP contribution is -2.88. The molecule has 4 N–H and O–H groups in total. The maximum atomic E-state index is 13.0. The number of benzene rings is 1. The Morgan fingerprint density at radius 1 is 1.17 bits per heavy atom. The molecule has 0 aromatic heterocycles. The zero-order chi connectivity index (χ0) is 17.4. The molecule has 1 rings (SSSR count). The van der Waals surface area contributed by atoms with Crippen molar-refractivity contribution in [3.05, 3.63) is 35.6 Å². The van der Waals surface area contributed by atoms with E-state index in [4.69, 9.17) is 0 Å². The van der Waals surface area contributed by atoms with Gasteiger partial charge in [-0.1, -0.05) is 32.9 Å². The molecule has 0 aliphatic rings. The number of amides is 3. The van der Waals surface area contributed by atoms with E-state index >= 15 is 0 Å². The van der Waals surface area contributed by atoms with Crippen molar-refractivity contribution in [2.45, 2.75) is 46.2 Å². The second kappa shape index (κ2) is 9.25. The minimum absolute atomic E-state index is 0.0226. The molecule has 0 radical (unpaired) electrons. The number of nitrogens with two attached hydrogens (primary N) is 1. The Kier molecular flexibility index (Phi) is 7.68. The Balaban J connectivity index is 2.54. The van der Waals surface area contributed by atoms with Gasteiger partial charge < -0.3 is 10.6 Å². The molecule has 2 atom stereocenters. The van der Waals surface area contributed by atoms with Gasteiger partial charge in [-0.15, -0.1) is 0 Å². The molecule has 0 spiro atoms. The van der Waals surface area contributed by atoms with Gasteiger partial charge in [-0.25, -0.2) is 9.18 Å². The van der Waals surface area contributed by atoms with Crippen LogP contribution < -0.4 is 16.0 Å². The number of carbonyl (C=O) groups is 2. The first-order chi connectivity index (χ1) is 10.8. The minimum atomic E-state index is -0.472. The Morgan fingerprint density at radius 3 is 2.30 bits per heavy atom. The lowest BCUT2D eigenvalue weighted by Gasteiger charge is -2.19. The summed E-state index contributed by atoms with van der Waals surface area (Å²) in [6, 6.07) is 5.86. The normalized spacial score (nSPS) is 13.5. The van der Waals surface area contributed by atoms with Gasteiger partial charge in [-0.05, 0) is 25.5 Å². The molecular formula is C17H27FN3O2+. The van der Waals surface area contributed by atoms with E-state index in [0.717, 1.165) is 12.0 Å². The Labute approximate surface area is 137 Å². The molecule has 6 heteroatoms. The van der Waals surface area contributed by atoms with Crippen LogP contribution in [0.2, 0.25) is 0 Å². The van der Waals surface area contributed by atoms with Crippen molar-refractivity contribution in [1.29, 1.82) is 0 Å². The molecule has 0 aliphatic heterocycles. The van der Waals surface area contributed by atoms with E-state index in [1.54, 1.807) is 12.1 Å². The van der Waals surface area contributed by atoms with E-state index in [0.29, 0.717) is 0 Å². The van der Waals surface area contributed by atoms with E-state index in [-0.39, 0.29) is 36.3 Å². The molecule has 23 heavy (non-hydrogen) atoms. The predicted octanol–water partition coefficient (Wildman–Crippen LogP) is 1.71. The van der Waals surface area contributed by atoms with E-state index in [2.05, 4.69) is 10.6 Å². The molecule has 0 unspecified atom stereocenters. The van der Waals surface area contributed by atoms with Crippen molar-refractivity contribution in [2.24, 2.45) is 5.92 Å². The fourth-order valence-electron chi connectivity index (χ4n) is 2.25. The summed E-state index contributed by atoms with van der Waals surface area (Å²) >= 11 is 0. The SMILES string of the molecule is CC[C@H](C)NC(=O)NC(=O)C[NH2+][C@@H](c1ccc(F)cc1)C(C)C. The van der Waals surface area contributed by atoms with Crippen molar-refractivity contribution in [1.82, 2.24) is 10.6 Å². The minimum Gasteiger partial charge on any atom is -0.335 e. The summed E-state index contributed by atoms with van der Waals surface area (Å²) in [4.78, 5) is 23.5. The number of quaternary nitrogens is 1. The third-order valence-corrected chi connectivity index (χ3v) is 3.77. The van der Waals surface area contributed by atoms with E-state index in [1.165, 1.54) is 12.1 Å². The van der Waals surface area contributed by atoms with E-state index in [9.17, 15) is 14.0 Å². The molecule has 1 aromatic rings. The lowest BCUT2D eigenvalue weighted by molar-refractivity contribution is -0.692. The van der Waals surface area contributed by atoms with Crippen molar-refractivity contribution in [2.75, 3.05) is 6.54 Å². The molecule has 0 fully saturated rings. The van der Waals surface area contributed by atoms with Crippen LogP contribution in [0.1, 0.15) is 45.7 Å². The number of nitrogens with one attached hydrogen (secondary N) is 2. The second-order valence-corrected chi connectivity index (χ2v) is 6.09. The zero-order valence-corrected chi connectivity index (χ0v) is 14.2. The summed E-state index contributed by atoms with van der Waals surface area (Å²) in [5.74, 6) is -0.364. The van der Waals surface area contributed by atoms with Gasteiger partial charge in [0.05, 0.1) is 0 Å². The highest BCUT2D eigenvalue weighted by Crippen LogP contribution is 2.17. The maximum absolute atomic E-state index is 13.0. The van der Waals surface area contributed by atoms with Gasteiger partial charge in [0.2, 0.25) is 0 Å².